The summed E-state index contributed by atoms with van der Waals surface area (Å²) in [6.45, 7) is 7.30. The molecule has 0 nitrogen and oxygen atoms in total. The lowest BCUT2D eigenvalue weighted by molar-refractivity contribution is 0.937. The van der Waals surface area contributed by atoms with E-state index in [1.807, 2.05) is 0 Å². The van der Waals surface area contributed by atoms with E-state index in [2.05, 4.69) is 13.2 Å². The Bertz CT molecular complexity index is 84.4. The van der Waals surface area contributed by atoms with Crippen molar-refractivity contribution in [3.63, 3.8) is 0 Å². The minimum atomic E-state index is 0.715. The summed E-state index contributed by atoms with van der Waals surface area (Å²) in [6, 6.07) is 0. The van der Waals surface area contributed by atoms with Gasteiger partial charge in [0.1, 0.15) is 0 Å². The number of allylic oxidation sites excluding steroid dienone is 2. The van der Waals surface area contributed by atoms with E-state index in [1.54, 1.807) is 6.08 Å². The first kappa shape index (κ1) is 7.77. The minimum absolute atomic E-state index is 0.715. The van der Waals surface area contributed by atoms with Gasteiger partial charge in [-0.3, -0.25) is 0 Å². The highest BCUT2D eigenvalue weighted by atomic mass is 35.5. The van der Waals surface area contributed by atoms with Crippen molar-refractivity contribution in [2.24, 2.45) is 0 Å². The molecule has 0 saturated heterocycles. The molecule has 0 aliphatic carbocycles. The van der Waals surface area contributed by atoms with Crippen LogP contribution in [0.25, 0.3) is 0 Å². The summed E-state index contributed by atoms with van der Waals surface area (Å²) >= 11 is 5.43. The Balaban J connectivity index is 3.11. The maximum atomic E-state index is 5.43. The lowest BCUT2D eigenvalue weighted by atomic mass is 10.2. The standard InChI is InChI=1S/C7H11Cl/c1-3-7(2)5-4-6-8/h3H,1-2,4-6H2. The van der Waals surface area contributed by atoms with E-state index in [4.69, 9.17) is 11.6 Å². The van der Waals surface area contributed by atoms with Crippen LogP contribution in [0.4, 0.5) is 0 Å². The topological polar surface area (TPSA) is 0 Å². The largest absolute Gasteiger partial charge is 0.127 e. The summed E-state index contributed by atoms with van der Waals surface area (Å²) in [6.07, 6.45) is 3.76. The predicted molar refractivity (Wildman–Crippen MR) is 39.3 cm³/mol. The third-order valence-electron chi connectivity index (χ3n) is 0.920. The molecule has 0 N–H and O–H groups in total. The van der Waals surface area contributed by atoms with Crippen LogP contribution in [0.3, 0.4) is 0 Å². The van der Waals surface area contributed by atoms with Crippen molar-refractivity contribution >= 4 is 11.6 Å². The molecule has 0 atom stereocenters. The first-order valence-electron chi connectivity index (χ1n) is 2.67. The molecule has 8 heavy (non-hydrogen) atoms. The van der Waals surface area contributed by atoms with Gasteiger partial charge in [0.05, 0.1) is 0 Å². The summed E-state index contributed by atoms with van der Waals surface area (Å²) in [5.41, 5.74) is 1.07. The van der Waals surface area contributed by atoms with Gasteiger partial charge in [-0.15, -0.1) is 11.6 Å². The molecule has 0 amide bonds. The summed E-state index contributed by atoms with van der Waals surface area (Å²) < 4.78 is 0. The highest BCUT2D eigenvalue weighted by molar-refractivity contribution is 6.17. The molecule has 0 heterocycles. The zero-order valence-electron chi connectivity index (χ0n) is 4.99. The molecule has 0 radical (unpaired) electrons. The second-order valence-electron chi connectivity index (χ2n) is 1.65. The number of hydrogen-bond acceptors (Lipinski definition) is 0. The van der Waals surface area contributed by atoms with Crippen molar-refractivity contribution in [2.75, 3.05) is 5.88 Å². The number of rotatable bonds is 4. The SMILES string of the molecule is C=CC(=C)CCCCl. The lowest BCUT2D eigenvalue weighted by Crippen LogP contribution is -1.76. The van der Waals surface area contributed by atoms with Gasteiger partial charge in [-0.25, -0.2) is 0 Å². The molecule has 0 fully saturated rings. The van der Waals surface area contributed by atoms with Gasteiger partial charge >= 0.3 is 0 Å². The van der Waals surface area contributed by atoms with Gasteiger partial charge < -0.3 is 0 Å². The van der Waals surface area contributed by atoms with Gasteiger partial charge in [-0.2, -0.15) is 0 Å². The van der Waals surface area contributed by atoms with Crippen LogP contribution >= 0.6 is 11.6 Å². The zero-order valence-corrected chi connectivity index (χ0v) is 5.75. The smallest absolute Gasteiger partial charge is 0.0226 e. The quantitative estimate of drug-likeness (QED) is 0.406. The molecular formula is C7H11Cl. The van der Waals surface area contributed by atoms with E-state index in [1.165, 1.54) is 0 Å². The van der Waals surface area contributed by atoms with E-state index >= 15 is 0 Å². The van der Waals surface area contributed by atoms with Crippen LogP contribution in [-0.2, 0) is 0 Å². The molecule has 0 aromatic rings. The van der Waals surface area contributed by atoms with Gasteiger partial charge in [0.15, 0.2) is 0 Å². The lowest BCUT2D eigenvalue weighted by Gasteiger charge is -1.92. The van der Waals surface area contributed by atoms with Crippen LogP contribution < -0.4 is 0 Å². The van der Waals surface area contributed by atoms with Gasteiger partial charge in [0.2, 0.25) is 0 Å². The van der Waals surface area contributed by atoms with Crippen molar-refractivity contribution in [3.8, 4) is 0 Å². The molecule has 0 bridgehead atoms. The molecule has 0 aliphatic rings. The Morgan fingerprint density at radius 3 is 2.62 bits per heavy atom. The average Bonchev–Trinajstić information content (AvgIpc) is 1.83. The van der Waals surface area contributed by atoms with E-state index < -0.39 is 0 Å². The van der Waals surface area contributed by atoms with Gasteiger partial charge in [0.25, 0.3) is 0 Å². The normalized spacial score (nSPS) is 8.62. The van der Waals surface area contributed by atoms with Gasteiger partial charge in [-0.1, -0.05) is 24.8 Å². The van der Waals surface area contributed by atoms with Crippen molar-refractivity contribution in [1.82, 2.24) is 0 Å². The van der Waals surface area contributed by atoms with Crippen LogP contribution in [0.5, 0.6) is 0 Å². The highest BCUT2D eigenvalue weighted by Crippen LogP contribution is 2.02. The van der Waals surface area contributed by atoms with Crippen LogP contribution in [0.15, 0.2) is 24.8 Å². The Labute approximate surface area is 55.9 Å². The van der Waals surface area contributed by atoms with E-state index in [-0.39, 0.29) is 0 Å². The predicted octanol–water partition coefficient (Wildman–Crippen LogP) is 2.75. The molecular weight excluding hydrogens is 120 g/mol. The summed E-state index contributed by atoms with van der Waals surface area (Å²) in [5.74, 6) is 0.715. The molecule has 0 aromatic heterocycles. The summed E-state index contributed by atoms with van der Waals surface area (Å²) in [7, 11) is 0. The molecule has 0 saturated carbocycles. The minimum Gasteiger partial charge on any atom is -0.127 e. The zero-order chi connectivity index (χ0) is 6.41. The van der Waals surface area contributed by atoms with Crippen LogP contribution in [0.2, 0.25) is 0 Å². The molecule has 0 rings (SSSR count). The molecule has 0 unspecified atom stereocenters. The van der Waals surface area contributed by atoms with E-state index in [0.717, 1.165) is 18.4 Å². The Hall–Kier alpha value is -0.230. The average molecular weight is 131 g/mol. The molecule has 0 spiro atoms. The summed E-state index contributed by atoms with van der Waals surface area (Å²) in [5, 5.41) is 0. The van der Waals surface area contributed by atoms with Crippen LogP contribution in [0, 0.1) is 0 Å². The Morgan fingerprint density at radius 1 is 1.62 bits per heavy atom. The molecule has 1 heteroatoms. The first-order chi connectivity index (χ1) is 3.81. The van der Waals surface area contributed by atoms with E-state index in [0.29, 0.717) is 5.88 Å². The fraction of sp³-hybridized carbons (Fsp3) is 0.429. The van der Waals surface area contributed by atoms with Crippen LogP contribution in [-0.4, -0.2) is 5.88 Å². The van der Waals surface area contributed by atoms with Gasteiger partial charge in [-0.05, 0) is 12.8 Å². The monoisotopic (exact) mass is 130 g/mol. The molecule has 0 aromatic carbocycles. The number of halogens is 1. The summed E-state index contributed by atoms with van der Waals surface area (Å²) in [4.78, 5) is 0. The Morgan fingerprint density at radius 2 is 2.25 bits per heavy atom. The number of hydrogen-bond donors (Lipinski definition) is 0. The second kappa shape index (κ2) is 4.92. The third-order valence-corrected chi connectivity index (χ3v) is 1.19. The third kappa shape index (κ3) is 3.94. The fourth-order valence-electron chi connectivity index (χ4n) is 0.396. The van der Waals surface area contributed by atoms with Crippen molar-refractivity contribution < 1.29 is 0 Å². The molecule has 46 valence electrons. The second-order valence-corrected chi connectivity index (χ2v) is 2.03. The molecule has 0 aliphatic heterocycles. The first-order valence-corrected chi connectivity index (χ1v) is 3.21. The van der Waals surface area contributed by atoms with Crippen molar-refractivity contribution in [2.45, 2.75) is 12.8 Å². The maximum absolute atomic E-state index is 5.43. The van der Waals surface area contributed by atoms with E-state index in [9.17, 15) is 0 Å². The fourth-order valence-corrected chi connectivity index (χ4v) is 0.530. The Kier molecular flexibility index (Phi) is 4.78. The number of alkyl halides is 1. The van der Waals surface area contributed by atoms with Gasteiger partial charge in [0, 0.05) is 5.88 Å². The van der Waals surface area contributed by atoms with Crippen molar-refractivity contribution in [3.05, 3.63) is 24.8 Å². The van der Waals surface area contributed by atoms with Crippen molar-refractivity contribution in [1.29, 1.82) is 0 Å². The van der Waals surface area contributed by atoms with Crippen LogP contribution in [0.1, 0.15) is 12.8 Å². The highest BCUT2D eigenvalue weighted by Gasteiger charge is 1.84. The maximum Gasteiger partial charge on any atom is 0.0226 e.